The van der Waals surface area contributed by atoms with Crippen LogP contribution >= 0.6 is 0 Å². The van der Waals surface area contributed by atoms with Gasteiger partial charge in [-0.3, -0.25) is 0 Å². The summed E-state index contributed by atoms with van der Waals surface area (Å²) in [6.45, 7) is 1.92. The maximum atomic E-state index is 12.6. The van der Waals surface area contributed by atoms with Crippen molar-refractivity contribution in [3.63, 3.8) is 0 Å². The Morgan fingerprint density at radius 3 is 2.58 bits per heavy atom. The average Bonchev–Trinajstić information content (AvgIpc) is 2.62. The molecular weight excluding hydrogens is 346 g/mol. The molecule has 2 fully saturated rings. The van der Waals surface area contributed by atoms with Gasteiger partial charge in [-0.25, -0.2) is 4.79 Å². The molecule has 1 spiro atoms. The van der Waals surface area contributed by atoms with E-state index < -0.39 is 6.61 Å². The lowest BCUT2D eigenvalue weighted by Gasteiger charge is -2.44. The molecule has 1 aromatic carbocycles. The Bertz CT molecular complexity index is 600. The van der Waals surface area contributed by atoms with E-state index in [4.69, 9.17) is 9.47 Å². The lowest BCUT2D eigenvalue weighted by Crippen LogP contribution is -2.57. The Morgan fingerprint density at radius 2 is 1.92 bits per heavy atom. The molecule has 6 nitrogen and oxygen atoms in total. The number of carbonyl (C=O) groups is 1. The molecular formula is C18H24F2N2O4. The highest BCUT2D eigenvalue weighted by molar-refractivity contribution is 5.75. The van der Waals surface area contributed by atoms with Gasteiger partial charge in [0.15, 0.2) is 0 Å². The van der Waals surface area contributed by atoms with Gasteiger partial charge in [-0.05, 0) is 24.6 Å². The molecule has 2 amide bonds. The summed E-state index contributed by atoms with van der Waals surface area (Å²) in [6, 6.07) is 5.87. The van der Waals surface area contributed by atoms with Gasteiger partial charge in [-0.15, -0.1) is 0 Å². The molecule has 0 bridgehead atoms. The minimum Gasteiger partial charge on any atom is -0.435 e. The molecule has 26 heavy (non-hydrogen) atoms. The van der Waals surface area contributed by atoms with E-state index in [2.05, 4.69) is 10.1 Å². The van der Waals surface area contributed by atoms with Crippen LogP contribution in [-0.4, -0.2) is 56.1 Å². The normalized spacial score (nSPS) is 20.8. The largest absolute Gasteiger partial charge is 0.435 e. The number of amides is 2. The van der Waals surface area contributed by atoms with Crippen LogP contribution in [0.25, 0.3) is 0 Å². The number of rotatable bonds is 4. The zero-order valence-corrected chi connectivity index (χ0v) is 14.7. The summed E-state index contributed by atoms with van der Waals surface area (Å²) in [5, 5.41) is 2.96. The molecule has 2 saturated heterocycles. The number of carbonyl (C=O) groups excluding carboxylic acids is 1. The van der Waals surface area contributed by atoms with Crippen LogP contribution in [-0.2, 0) is 9.47 Å². The smallest absolute Gasteiger partial charge is 0.387 e. The van der Waals surface area contributed by atoms with Crippen LogP contribution in [0.1, 0.15) is 31.4 Å². The Kier molecular flexibility index (Phi) is 5.93. The number of nitrogens with one attached hydrogen (secondary N) is 1. The molecule has 144 valence electrons. The van der Waals surface area contributed by atoms with Gasteiger partial charge in [-0.2, -0.15) is 8.78 Å². The number of hydrogen-bond donors (Lipinski definition) is 1. The van der Waals surface area contributed by atoms with Gasteiger partial charge in [-0.1, -0.05) is 12.1 Å². The molecule has 0 radical (unpaired) electrons. The predicted octanol–water partition coefficient (Wildman–Crippen LogP) is 2.94. The summed E-state index contributed by atoms with van der Waals surface area (Å²) in [7, 11) is 0. The van der Waals surface area contributed by atoms with Crippen molar-refractivity contribution in [2.24, 2.45) is 0 Å². The number of urea groups is 1. The fraction of sp³-hybridized carbons (Fsp3) is 0.611. The minimum absolute atomic E-state index is 0.0944. The van der Waals surface area contributed by atoms with Gasteiger partial charge < -0.3 is 24.4 Å². The number of hydrogen-bond acceptors (Lipinski definition) is 4. The van der Waals surface area contributed by atoms with Crippen LogP contribution in [0.3, 0.4) is 0 Å². The van der Waals surface area contributed by atoms with E-state index in [-0.39, 0.29) is 23.4 Å². The summed E-state index contributed by atoms with van der Waals surface area (Å²) in [4.78, 5) is 14.4. The van der Waals surface area contributed by atoms with Crippen molar-refractivity contribution in [3.8, 4) is 5.75 Å². The van der Waals surface area contributed by atoms with Crippen LogP contribution in [0.2, 0.25) is 0 Å². The van der Waals surface area contributed by atoms with Crippen molar-refractivity contribution < 1.29 is 27.8 Å². The van der Waals surface area contributed by atoms with Crippen molar-refractivity contribution in [1.82, 2.24) is 10.2 Å². The minimum atomic E-state index is -2.85. The van der Waals surface area contributed by atoms with E-state index >= 15 is 0 Å². The second-order valence-electron chi connectivity index (χ2n) is 6.68. The van der Waals surface area contributed by atoms with E-state index in [0.717, 1.165) is 18.4 Å². The Morgan fingerprint density at radius 1 is 1.23 bits per heavy atom. The molecule has 8 heteroatoms. The van der Waals surface area contributed by atoms with Crippen LogP contribution in [0.5, 0.6) is 5.75 Å². The van der Waals surface area contributed by atoms with Crippen molar-refractivity contribution in [3.05, 3.63) is 29.8 Å². The number of halogens is 2. The second-order valence-corrected chi connectivity index (χ2v) is 6.68. The fourth-order valence-corrected chi connectivity index (χ4v) is 3.36. The molecule has 1 N–H and O–H groups in total. The summed E-state index contributed by atoms with van der Waals surface area (Å²) in [5.74, 6) is 0.0944. The van der Waals surface area contributed by atoms with E-state index in [1.54, 1.807) is 17.0 Å². The molecule has 1 aromatic rings. The lowest BCUT2D eigenvalue weighted by atomic mass is 9.92. The lowest BCUT2D eigenvalue weighted by molar-refractivity contribution is -0.145. The van der Waals surface area contributed by atoms with Gasteiger partial charge >= 0.3 is 12.6 Å². The maximum Gasteiger partial charge on any atom is 0.387 e. The van der Waals surface area contributed by atoms with Crippen molar-refractivity contribution >= 4 is 6.03 Å². The first-order valence-corrected chi connectivity index (χ1v) is 8.79. The molecule has 2 heterocycles. The highest BCUT2D eigenvalue weighted by Crippen LogP contribution is 2.29. The molecule has 0 aliphatic carbocycles. The Balaban J connectivity index is 1.56. The van der Waals surface area contributed by atoms with Crippen molar-refractivity contribution in [2.75, 3.05) is 32.9 Å². The standard InChI is InChI=1S/C18H24F2N2O4/c1-13(14-2-4-15(5-3-14)26-16(19)20)21-17(23)22-8-11-25-18(12-22)6-9-24-10-7-18/h2-5,13,16H,6-12H2,1H3,(H,21,23). The fourth-order valence-electron chi connectivity index (χ4n) is 3.36. The highest BCUT2D eigenvalue weighted by Gasteiger charge is 2.39. The second kappa shape index (κ2) is 8.18. The molecule has 0 aromatic heterocycles. The Hall–Kier alpha value is -1.93. The zero-order valence-electron chi connectivity index (χ0n) is 14.7. The van der Waals surface area contributed by atoms with Crippen molar-refractivity contribution in [2.45, 2.75) is 38.0 Å². The van der Waals surface area contributed by atoms with Crippen molar-refractivity contribution in [1.29, 1.82) is 0 Å². The van der Waals surface area contributed by atoms with E-state index in [1.165, 1.54) is 12.1 Å². The molecule has 2 aliphatic rings. The summed E-state index contributed by atoms with van der Waals surface area (Å²) in [6.07, 6.45) is 1.58. The number of ether oxygens (including phenoxy) is 3. The number of benzene rings is 1. The number of alkyl halides is 2. The summed E-state index contributed by atoms with van der Waals surface area (Å²) >= 11 is 0. The van der Waals surface area contributed by atoms with E-state index in [9.17, 15) is 13.6 Å². The first-order chi connectivity index (χ1) is 12.5. The monoisotopic (exact) mass is 370 g/mol. The van der Waals surface area contributed by atoms with E-state index in [0.29, 0.717) is 32.9 Å². The van der Waals surface area contributed by atoms with Gasteiger partial charge in [0, 0.05) is 32.6 Å². The molecule has 0 saturated carbocycles. The third-order valence-electron chi connectivity index (χ3n) is 4.88. The quantitative estimate of drug-likeness (QED) is 0.885. The molecule has 3 rings (SSSR count). The molecule has 2 aliphatic heterocycles. The number of nitrogens with zero attached hydrogens (tertiary/aromatic N) is 1. The molecule has 1 unspecified atom stereocenters. The third-order valence-corrected chi connectivity index (χ3v) is 4.88. The van der Waals surface area contributed by atoms with Crippen LogP contribution < -0.4 is 10.1 Å². The van der Waals surface area contributed by atoms with Crippen LogP contribution in [0.15, 0.2) is 24.3 Å². The van der Waals surface area contributed by atoms with Gasteiger partial charge in [0.1, 0.15) is 5.75 Å². The van der Waals surface area contributed by atoms with Gasteiger partial charge in [0.2, 0.25) is 0 Å². The summed E-state index contributed by atoms with van der Waals surface area (Å²) in [5.41, 5.74) is 0.514. The average molecular weight is 370 g/mol. The maximum absolute atomic E-state index is 12.6. The third kappa shape index (κ3) is 4.62. The highest BCUT2D eigenvalue weighted by atomic mass is 19.3. The first kappa shape index (κ1) is 18.8. The summed E-state index contributed by atoms with van der Waals surface area (Å²) < 4.78 is 40.1. The first-order valence-electron chi connectivity index (χ1n) is 8.79. The zero-order chi connectivity index (χ0) is 18.6. The predicted molar refractivity (Wildman–Crippen MR) is 90.3 cm³/mol. The van der Waals surface area contributed by atoms with E-state index in [1.807, 2.05) is 6.92 Å². The van der Waals surface area contributed by atoms with Crippen LogP contribution in [0, 0.1) is 0 Å². The van der Waals surface area contributed by atoms with Gasteiger partial charge in [0.05, 0.1) is 24.8 Å². The SMILES string of the molecule is CC(NC(=O)N1CCOC2(CCOCC2)C1)c1ccc(OC(F)F)cc1. The number of morpholine rings is 1. The van der Waals surface area contributed by atoms with Crippen LogP contribution in [0.4, 0.5) is 13.6 Å². The molecule has 1 atom stereocenters. The van der Waals surface area contributed by atoms with Gasteiger partial charge in [0.25, 0.3) is 0 Å². The topological polar surface area (TPSA) is 60.0 Å². The Labute approximate surface area is 151 Å².